The van der Waals surface area contributed by atoms with E-state index >= 15 is 0 Å². The molecule has 0 rings (SSSR count). The van der Waals surface area contributed by atoms with Crippen molar-refractivity contribution < 1.29 is 37.3 Å². The Balaban J connectivity index is 3.55. The zero-order valence-corrected chi connectivity index (χ0v) is 29.9. The summed E-state index contributed by atoms with van der Waals surface area (Å²) in [5.74, 6) is -0.486. The third-order valence-corrected chi connectivity index (χ3v) is 8.70. The molecule has 0 saturated heterocycles. The minimum absolute atomic E-state index is 0.0888. The van der Waals surface area contributed by atoms with Crippen molar-refractivity contribution >= 4 is 13.8 Å². The normalized spacial score (nSPS) is 14.1. The second-order valence-electron chi connectivity index (χ2n) is 13.3. The summed E-state index contributed by atoms with van der Waals surface area (Å²) in [6, 6.07) is 0. The van der Waals surface area contributed by atoms with Crippen LogP contribution in [0.1, 0.15) is 155 Å². The highest BCUT2D eigenvalue weighted by Crippen LogP contribution is 2.43. The average molecular weight is 637 g/mol. The van der Waals surface area contributed by atoms with Crippen LogP contribution in [-0.4, -0.2) is 75.6 Å². The van der Waals surface area contributed by atoms with Gasteiger partial charge in [-0.2, -0.15) is 0 Å². The van der Waals surface area contributed by atoms with E-state index < -0.39 is 19.9 Å². The smallest absolute Gasteiger partial charge is 0.458 e. The van der Waals surface area contributed by atoms with E-state index in [1.165, 1.54) is 135 Å². The van der Waals surface area contributed by atoms with E-state index in [1.54, 1.807) is 0 Å². The maximum Gasteiger partial charge on any atom is 0.472 e. The summed E-state index contributed by atoms with van der Waals surface area (Å²) < 4.78 is 33.6. The summed E-state index contributed by atoms with van der Waals surface area (Å²) in [6.07, 6.45) is 29.1. The lowest BCUT2D eigenvalue weighted by atomic mass is 10.0. The second kappa shape index (κ2) is 28.9. The van der Waals surface area contributed by atoms with Crippen molar-refractivity contribution in [3.8, 4) is 0 Å². The predicted octanol–water partition coefficient (Wildman–Crippen LogP) is 9.38. The molecule has 0 aromatic rings. The van der Waals surface area contributed by atoms with Gasteiger partial charge < -0.3 is 18.9 Å². The molecule has 0 aromatic carbocycles. The molecule has 0 aliphatic carbocycles. The summed E-state index contributed by atoms with van der Waals surface area (Å²) in [6.45, 7) is 4.66. The van der Waals surface area contributed by atoms with Gasteiger partial charge in [0.1, 0.15) is 19.3 Å². The molecule has 2 unspecified atom stereocenters. The molecule has 0 amide bonds. The van der Waals surface area contributed by atoms with Gasteiger partial charge in [-0.1, -0.05) is 142 Å². The number of nitrogens with zero attached hydrogens (tertiary/aromatic N) is 1. The summed E-state index contributed by atoms with van der Waals surface area (Å²) in [5, 5.41) is 0. The summed E-state index contributed by atoms with van der Waals surface area (Å²) in [4.78, 5) is 21.3. The zero-order valence-electron chi connectivity index (χ0n) is 29.0. The maximum atomic E-state index is 12.1. The molecule has 43 heavy (non-hydrogen) atoms. The first kappa shape index (κ1) is 42.5. The SMILES string of the molecule is CCCCCCCCCCCCCCCCCCCCCCCCOCC(COP(=O)(O)OCC[N+](C)(C)C)OC(C)=O. The molecule has 0 aliphatic rings. The number of ether oxygens (including phenoxy) is 2. The van der Waals surface area contributed by atoms with Gasteiger partial charge in [0.05, 0.1) is 34.4 Å². The van der Waals surface area contributed by atoms with Crippen LogP contribution in [0.3, 0.4) is 0 Å². The molecular formula is C34H71NO7P+. The number of phosphoric ester groups is 1. The van der Waals surface area contributed by atoms with Gasteiger partial charge in [0, 0.05) is 13.5 Å². The lowest BCUT2D eigenvalue weighted by molar-refractivity contribution is -0.870. The fourth-order valence-corrected chi connectivity index (χ4v) is 5.76. The summed E-state index contributed by atoms with van der Waals surface area (Å²) in [7, 11) is 1.67. The number of likely N-dealkylation sites (N-methyl/N-ethyl adjacent to an activating group) is 1. The van der Waals surface area contributed by atoms with Crippen molar-refractivity contribution in [3.05, 3.63) is 0 Å². The lowest BCUT2D eigenvalue weighted by Crippen LogP contribution is -2.37. The third kappa shape index (κ3) is 34.2. The zero-order chi connectivity index (χ0) is 32.1. The van der Waals surface area contributed by atoms with E-state index in [1.807, 2.05) is 21.1 Å². The molecule has 0 fully saturated rings. The Morgan fingerprint density at radius 1 is 0.628 bits per heavy atom. The van der Waals surface area contributed by atoms with Crippen LogP contribution >= 0.6 is 7.82 Å². The van der Waals surface area contributed by atoms with Crippen LogP contribution in [0.5, 0.6) is 0 Å². The fraction of sp³-hybridized carbons (Fsp3) is 0.971. The van der Waals surface area contributed by atoms with Gasteiger partial charge in [0.2, 0.25) is 0 Å². The predicted molar refractivity (Wildman–Crippen MR) is 178 cm³/mol. The van der Waals surface area contributed by atoms with Gasteiger partial charge in [-0.3, -0.25) is 13.8 Å². The van der Waals surface area contributed by atoms with Gasteiger partial charge in [-0.15, -0.1) is 0 Å². The Morgan fingerprint density at radius 3 is 1.40 bits per heavy atom. The largest absolute Gasteiger partial charge is 0.472 e. The number of hydrogen-bond donors (Lipinski definition) is 1. The van der Waals surface area contributed by atoms with Crippen LogP contribution in [0.2, 0.25) is 0 Å². The molecule has 0 spiro atoms. The number of phosphoric acid groups is 1. The molecule has 0 aromatic heterocycles. The summed E-state index contributed by atoms with van der Waals surface area (Å²) in [5.41, 5.74) is 0. The van der Waals surface area contributed by atoms with Gasteiger partial charge in [0.15, 0.2) is 0 Å². The summed E-state index contributed by atoms with van der Waals surface area (Å²) >= 11 is 0. The monoisotopic (exact) mass is 636 g/mol. The van der Waals surface area contributed by atoms with Crippen LogP contribution in [0.15, 0.2) is 0 Å². The molecule has 0 aliphatic heterocycles. The quantitative estimate of drug-likeness (QED) is 0.0332. The first-order chi connectivity index (χ1) is 20.6. The molecule has 9 heteroatoms. The minimum atomic E-state index is -4.22. The number of hydrogen-bond acceptors (Lipinski definition) is 6. The second-order valence-corrected chi connectivity index (χ2v) is 14.8. The van der Waals surface area contributed by atoms with Crippen LogP contribution in [0.4, 0.5) is 0 Å². The first-order valence-electron chi connectivity index (χ1n) is 17.7. The molecule has 1 N–H and O–H groups in total. The molecule has 0 bridgehead atoms. The number of unbranched alkanes of at least 4 members (excludes halogenated alkanes) is 21. The number of quaternary nitrogens is 1. The van der Waals surface area contributed by atoms with Crippen LogP contribution in [0.25, 0.3) is 0 Å². The number of carbonyl (C=O) groups excluding carboxylic acids is 1. The van der Waals surface area contributed by atoms with Crippen LogP contribution in [-0.2, 0) is 27.9 Å². The lowest BCUT2D eigenvalue weighted by Gasteiger charge is -2.24. The third-order valence-electron chi connectivity index (χ3n) is 7.72. The molecular weight excluding hydrogens is 565 g/mol. The van der Waals surface area contributed by atoms with Crippen molar-refractivity contribution in [3.63, 3.8) is 0 Å². The van der Waals surface area contributed by atoms with Gasteiger partial charge in [0.25, 0.3) is 0 Å². The van der Waals surface area contributed by atoms with Crippen molar-refractivity contribution in [2.24, 2.45) is 0 Å². The van der Waals surface area contributed by atoms with Crippen molar-refractivity contribution in [1.82, 2.24) is 0 Å². The van der Waals surface area contributed by atoms with E-state index in [2.05, 4.69) is 6.92 Å². The van der Waals surface area contributed by atoms with Crippen molar-refractivity contribution in [1.29, 1.82) is 0 Å². The molecule has 258 valence electrons. The Bertz CT molecular complexity index is 672. The van der Waals surface area contributed by atoms with E-state index in [9.17, 15) is 14.3 Å². The standard InChI is InChI=1S/C34H70NO7P/c1-6-7-8-9-10-11-12-13-14-15-16-17-18-19-20-21-22-23-24-25-26-27-29-39-31-34(42-33(2)36)32-41-43(37,38)40-30-28-35(3,4)5/h34H,6-32H2,1-5H3/p+1. The van der Waals surface area contributed by atoms with Gasteiger partial charge in [-0.25, -0.2) is 4.57 Å². The minimum Gasteiger partial charge on any atom is -0.458 e. The average Bonchev–Trinajstić information content (AvgIpc) is 2.93. The number of rotatable bonds is 33. The van der Waals surface area contributed by atoms with E-state index in [0.717, 1.165) is 12.8 Å². The Morgan fingerprint density at radius 2 is 1.02 bits per heavy atom. The van der Waals surface area contributed by atoms with Crippen molar-refractivity contribution in [2.45, 2.75) is 161 Å². The van der Waals surface area contributed by atoms with E-state index in [-0.39, 0.29) is 19.8 Å². The van der Waals surface area contributed by atoms with Crippen molar-refractivity contribution in [2.75, 3.05) is 54.1 Å². The Kier molecular flexibility index (Phi) is 28.6. The number of esters is 1. The Labute approximate surface area is 266 Å². The molecule has 0 saturated carbocycles. The fourth-order valence-electron chi connectivity index (χ4n) is 5.02. The number of carbonyl (C=O) groups is 1. The molecule has 0 radical (unpaired) electrons. The highest BCUT2D eigenvalue weighted by Gasteiger charge is 2.25. The molecule has 2 atom stereocenters. The highest BCUT2D eigenvalue weighted by atomic mass is 31.2. The maximum absolute atomic E-state index is 12.1. The Hall–Kier alpha value is -0.500. The molecule has 0 heterocycles. The van der Waals surface area contributed by atoms with Gasteiger partial charge >= 0.3 is 13.8 Å². The first-order valence-corrected chi connectivity index (χ1v) is 19.2. The van der Waals surface area contributed by atoms with Gasteiger partial charge in [-0.05, 0) is 6.42 Å². The molecule has 8 nitrogen and oxygen atoms in total. The topological polar surface area (TPSA) is 91.3 Å². The van der Waals surface area contributed by atoms with E-state index in [4.69, 9.17) is 18.5 Å². The van der Waals surface area contributed by atoms with E-state index in [0.29, 0.717) is 17.6 Å². The van der Waals surface area contributed by atoms with Crippen LogP contribution < -0.4 is 0 Å². The highest BCUT2D eigenvalue weighted by molar-refractivity contribution is 7.47. The van der Waals surface area contributed by atoms with Crippen LogP contribution in [0, 0.1) is 0 Å².